The number of carboxylic acid groups (broad SMARTS) is 1. The van der Waals surface area contributed by atoms with Crippen LogP contribution in [0.5, 0.6) is 0 Å². The van der Waals surface area contributed by atoms with Crippen LogP contribution in [0.2, 0.25) is 0 Å². The molecule has 3 heterocycles. The molecule has 2 amide bonds. The Labute approximate surface area is 167 Å². The van der Waals surface area contributed by atoms with Crippen LogP contribution >= 0.6 is 23.5 Å². The molecular weight excluding hydrogens is 402 g/mol. The number of aromatic amines is 1. The number of hydrogen-bond acceptors (Lipinski definition) is 7. The van der Waals surface area contributed by atoms with Gasteiger partial charge in [0.25, 0.3) is 5.91 Å². The molecule has 2 atom stereocenters. The number of hydrogen-bond donors (Lipinski definition) is 3. The average Bonchev–Trinajstić information content (AvgIpc) is 3.19. The number of carbonyl (C=O) groups excluding carboxylic acids is 2. The van der Waals surface area contributed by atoms with Gasteiger partial charge in [-0.1, -0.05) is 42.1 Å². The van der Waals surface area contributed by atoms with Crippen molar-refractivity contribution in [2.24, 2.45) is 0 Å². The first kappa shape index (κ1) is 18.6. The van der Waals surface area contributed by atoms with Gasteiger partial charge in [-0.2, -0.15) is 10.3 Å². The molecule has 0 unspecified atom stereocenters. The van der Waals surface area contributed by atoms with E-state index in [1.54, 1.807) is 0 Å². The van der Waals surface area contributed by atoms with Gasteiger partial charge in [-0.3, -0.25) is 14.5 Å². The van der Waals surface area contributed by atoms with Gasteiger partial charge in [-0.25, -0.2) is 4.79 Å². The van der Waals surface area contributed by atoms with E-state index >= 15 is 0 Å². The molecule has 2 aliphatic heterocycles. The van der Waals surface area contributed by atoms with E-state index in [9.17, 15) is 19.5 Å². The van der Waals surface area contributed by atoms with Gasteiger partial charge in [-0.15, -0.1) is 16.9 Å². The van der Waals surface area contributed by atoms with Crippen LogP contribution in [0.4, 0.5) is 0 Å². The molecule has 3 N–H and O–H groups in total. The smallest absolute Gasteiger partial charge is 0.353 e. The Morgan fingerprint density at radius 1 is 1.36 bits per heavy atom. The van der Waals surface area contributed by atoms with Crippen molar-refractivity contribution in [1.29, 1.82) is 0 Å². The van der Waals surface area contributed by atoms with Crippen molar-refractivity contribution in [2.75, 3.05) is 5.75 Å². The molecular formula is C17H15N5O4S2. The van der Waals surface area contributed by atoms with E-state index in [4.69, 9.17) is 0 Å². The average molecular weight is 417 g/mol. The molecule has 2 aromatic rings. The molecule has 9 nitrogen and oxygen atoms in total. The highest BCUT2D eigenvalue weighted by atomic mass is 32.2. The first-order chi connectivity index (χ1) is 13.5. The number of H-pyrrole nitrogens is 1. The van der Waals surface area contributed by atoms with E-state index in [1.165, 1.54) is 22.9 Å². The zero-order chi connectivity index (χ0) is 19.7. The highest BCUT2D eigenvalue weighted by Gasteiger charge is 2.54. The van der Waals surface area contributed by atoms with Gasteiger partial charge in [-0.05, 0) is 5.56 Å². The monoisotopic (exact) mass is 417 g/mol. The summed E-state index contributed by atoms with van der Waals surface area (Å²) in [5, 5.41) is 22.5. The molecule has 0 saturated carbocycles. The summed E-state index contributed by atoms with van der Waals surface area (Å²) in [5.74, 6) is -1.47. The van der Waals surface area contributed by atoms with Gasteiger partial charge in [0.15, 0.2) is 0 Å². The summed E-state index contributed by atoms with van der Waals surface area (Å²) < 4.78 is 0. The van der Waals surface area contributed by atoms with Crippen LogP contribution in [0.25, 0.3) is 0 Å². The molecule has 28 heavy (non-hydrogen) atoms. The summed E-state index contributed by atoms with van der Waals surface area (Å²) in [7, 11) is 0. The van der Waals surface area contributed by atoms with Gasteiger partial charge in [0.05, 0.1) is 12.6 Å². The first-order valence-corrected chi connectivity index (χ1v) is 10.2. The Bertz CT molecular complexity index is 948. The Balaban J connectivity index is 1.47. The van der Waals surface area contributed by atoms with E-state index in [1.807, 2.05) is 30.3 Å². The number of carboxylic acids is 1. The maximum Gasteiger partial charge on any atom is 0.353 e. The zero-order valence-electron chi connectivity index (χ0n) is 14.4. The van der Waals surface area contributed by atoms with E-state index in [0.29, 0.717) is 15.7 Å². The van der Waals surface area contributed by atoms with E-state index in [-0.39, 0.29) is 18.0 Å². The Hall–Kier alpha value is -2.79. The molecule has 1 aromatic carbocycles. The Morgan fingerprint density at radius 2 is 2.14 bits per heavy atom. The molecule has 0 spiro atoms. The fourth-order valence-corrected chi connectivity index (χ4v) is 5.40. The van der Waals surface area contributed by atoms with Gasteiger partial charge in [0, 0.05) is 10.7 Å². The van der Waals surface area contributed by atoms with Crippen molar-refractivity contribution >= 4 is 41.3 Å². The van der Waals surface area contributed by atoms with Gasteiger partial charge < -0.3 is 10.4 Å². The maximum atomic E-state index is 12.6. The van der Waals surface area contributed by atoms with Crippen molar-refractivity contribution in [1.82, 2.24) is 25.6 Å². The predicted octanol–water partition coefficient (Wildman–Crippen LogP) is 0.836. The van der Waals surface area contributed by atoms with Crippen molar-refractivity contribution < 1.29 is 19.5 Å². The van der Waals surface area contributed by atoms with Crippen molar-refractivity contribution in [2.45, 2.75) is 22.9 Å². The number of nitrogens with one attached hydrogen (secondary N) is 2. The number of aliphatic carboxylic acids is 1. The number of amides is 2. The van der Waals surface area contributed by atoms with E-state index in [2.05, 4.69) is 20.7 Å². The maximum absolute atomic E-state index is 12.6. The van der Waals surface area contributed by atoms with Crippen LogP contribution in [0, 0.1) is 0 Å². The number of thioether (sulfide) groups is 2. The molecule has 1 fully saturated rings. The minimum Gasteiger partial charge on any atom is -0.477 e. The topological polar surface area (TPSA) is 128 Å². The summed E-state index contributed by atoms with van der Waals surface area (Å²) in [4.78, 5) is 38.4. The normalized spacial score (nSPS) is 21.1. The van der Waals surface area contributed by atoms with Gasteiger partial charge in [0.2, 0.25) is 5.91 Å². The number of rotatable bonds is 6. The summed E-state index contributed by atoms with van der Waals surface area (Å²) in [5.41, 5.74) is 0.785. The lowest BCUT2D eigenvalue weighted by molar-refractivity contribution is -0.150. The second-order valence-corrected chi connectivity index (χ2v) is 8.32. The fraction of sp³-hybridized carbons (Fsp3) is 0.235. The molecule has 0 aliphatic carbocycles. The standard InChI is InChI=1S/C17H15N5O4S2/c23-11(6-9-4-2-1-3-5-9)19-13-15(24)22-14(17(25)26)10(8-27-16(13)22)28-12-7-18-21-20-12/h1-5,7,13,16H,6,8H2,(H,19,23)(H,25,26)(H,18,20,21)/t13-,16+/m1/s1. The summed E-state index contributed by atoms with van der Waals surface area (Å²) >= 11 is 2.57. The van der Waals surface area contributed by atoms with Crippen LogP contribution in [0.15, 0.2) is 52.2 Å². The highest BCUT2D eigenvalue weighted by molar-refractivity contribution is 8.06. The number of β-lactam (4-membered cyclic amide) rings is 1. The Kier molecular flexibility index (Phi) is 5.09. The second kappa shape index (κ2) is 7.68. The molecule has 2 aliphatic rings. The largest absolute Gasteiger partial charge is 0.477 e. The lowest BCUT2D eigenvalue weighted by Gasteiger charge is -2.49. The highest BCUT2D eigenvalue weighted by Crippen LogP contribution is 2.44. The minimum atomic E-state index is -1.18. The van der Waals surface area contributed by atoms with Crippen LogP contribution in [0.3, 0.4) is 0 Å². The second-order valence-electron chi connectivity index (χ2n) is 6.10. The number of nitrogens with zero attached hydrogens (tertiary/aromatic N) is 3. The lowest BCUT2D eigenvalue weighted by Crippen LogP contribution is -2.70. The lowest BCUT2D eigenvalue weighted by atomic mass is 10.0. The molecule has 4 rings (SSSR count). The SMILES string of the molecule is O=C(Cc1ccccc1)N[C@@H]1C(=O)N2C(C(=O)O)=C(Sc3cn[nH]n3)CS[C@@H]12. The van der Waals surface area contributed by atoms with Crippen molar-refractivity contribution in [3.63, 3.8) is 0 Å². The van der Waals surface area contributed by atoms with E-state index < -0.39 is 23.3 Å². The van der Waals surface area contributed by atoms with Crippen LogP contribution in [0.1, 0.15) is 5.56 Å². The van der Waals surface area contributed by atoms with Crippen LogP contribution in [-0.4, -0.2) is 60.4 Å². The van der Waals surface area contributed by atoms with Gasteiger partial charge >= 0.3 is 5.97 Å². The molecule has 1 aromatic heterocycles. The van der Waals surface area contributed by atoms with E-state index in [0.717, 1.165) is 17.3 Å². The third-order valence-corrected chi connectivity index (χ3v) is 6.73. The Morgan fingerprint density at radius 3 is 2.82 bits per heavy atom. The van der Waals surface area contributed by atoms with Crippen LogP contribution < -0.4 is 5.32 Å². The summed E-state index contributed by atoms with van der Waals surface area (Å²) in [6.07, 6.45) is 1.65. The molecule has 1 saturated heterocycles. The fourth-order valence-electron chi connectivity index (χ4n) is 3.04. The molecule has 11 heteroatoms. The number of aromatic nitrogens is 3. The third kappa shape index (κ3) is 3.50. The summed E-state index contributed by atoms with van der Waals surface area (Å²) in [6.45, 7) is 0. The van der Waals surface area contributed by atoms with Crippen molar-refractivity contribution in [3.8, 4) is 0 Å². The molecule has 0 bridgehead atoms. The van der Waals surface area contributed by atoms with Gasteiger partial charge in [0.1, 0.15) is 22.1 Å². The predicted molar refractivity (Wildman–Crippen MR) is 102 cm³/mol. The zero-order valence-corrected chi connectivity index (χ0v) is 16.0. The number of fused-ring (bicyclic) bond motifs is 1. The molecule has 0 radical (unpaired) electrons. The minimum absolute atomic E-state index is 0.0599. The number of carbonyl (C=O) groups is 3. The quantitative estimate of drug-likeness (QED) is 0.590. The number of benzene rings is 1. The first-order valence-electron chi connectivity index (χ1n) is 8.32. The molecule has 144 valence electrons. The third-order valence-electron chi connectivity index (χ3n) is 4.28. The van der Waals surface area contributed by atoms with Crippen LogP contribution in [-0.2, 0) is 20.8 Å². The summed E-state index contributed by atoms with van der Waals surface area (Å²) in [6, 6.07) is 8.49. The van der Waals surface area contributed by atoms with Crippen molar-refractivity contribution in [3.05, 3.63) is 52.7 Å².